The monoisotopic (exact) mass is 395 g/mol. The van der Waals surface area contributed by atoms with E-state index < -0.39 is 6.09 Å². The second-order valence-corrected chi connectivity index (χ2v) is 6.01. The summed E-state index contributed by atoms with van der Waals surface area (Å²) in [5.74, 6) is 1.32. The van der Waals surface area contributed by atoms with Gasteiger partial charge in [0.05, 0.1) is 18.2 Å². The molecular weight excluding hydrogens is 374 g/mol. The molecule has 0 radical (unpaired) electrons. The molecule has 0 heterocycles. The number of nitrogens with one attached hydrogen (secondary N) is 1. The summed E-state index contributed by atoms with van der Waals surface area (Å²) in [5, 5.41) is 2.54. The second kappa shape index (κ2) is 9.37. The Balaban J connectivity index is 2.16. The number of ether oxygens (including phenoxy) is 3. The number of carbonyl (C=O) groups is 1. The van der Waals surface area contributed by atoms with Crippen molar-refractivity contribution < 1.29 is 19.0 Å². The standard InChI is InChI=1S/C18H22BrNO4/c1-3-23-18(21)20-12-11-13-9-10-15(22-2)17(16(13)19)24-14-7-5-4-6-8-14/h5,7,9-12,14H,3-4,6,8H2,1-2H3,(H,20,21)/b12-11-. The third kappa shape index (κ3) is 5.03. The Morgan fingerprint density at radius 1 is 1.46 bits per heavy atom. The fourth-order valence-corrected chi connectivity index (χ4v) is 2.91. The first kappa shape index (κ1) is 18.4. The Kier molecular flexibility index (Phi) is 7.18. The first-order valence-electron chi connectivity index (χ1n) is 7.95. The number of alkyl carbamates (subject to hydrolysis) is 1. The lowest BCUT2D eigenvalue weighted by Gasteiger charge is -2.21. The molecule has 1 amide bonds. The molecule has 1 aromatic carbocycles. The van der Waals surface area contributed by atoms with Crippen molar-refractivity contribution in [3.8, 4) is 11.5 Å². The highest BCUT2D eigenvalue weighted by molar-refractivity contribution is 9.10. The number of methoxy groups -OCH3 is 1. The van der Waals surface area contributed by atoms with Gasteiger partial charge in [-0.1, -0.05) is 6.08 Å². The maximum Gasteiger partial charge on any atom is 0.411 e. The minimum Gasteiger partial charge on any atom is -0.493 e. The van der Waals surface area contributed by atoms with Gasteiger partial charge in [0.25, 0.3) is 0 Å². The molecule has 0 bridgehead atoms. The number of halogens is 1. The number of hydrogen-bond donors (Lipinski definition) is 1. The van der Waals surface area contributed by atoms with Crippen molar-refractivity contribution in [2.45, 2.75) is 32.3 Å². The SMILES string of the molecule is CCOC(=O)N/C=C\c1ccc(OC)c(OC2C=CCCC2)c1Br. The predicted octanol–water partition coefficient (Wildman–Crippen LogP) is 4.66. The summed E-state index contributed by atoms with van der Waals surface area (Å²) in [6, 6.07) is 3.73. The largest absolute Gasteiger partial charge is 0.493 e. The first-order chi connectivity index (χ1) is 11.7. The van der Waals surface area contributed by atoms with Crippen LogP contribution in [0.1, 0.15) is 31.7 Å². The topological polar surface area (TPSA) is 56.8 Å². The second-order valence-electron chi connectivity index (χ2n) is 5.21. The van der Waals surface area contributed by atoms with Crippen molar-refractivity contribution >= 4 is 28.1 Å². The normalized spacial score (nSPS) is 16.9. The van der Waals surface area contributed by atoms with E-state index in [-0.39, 0.29) is 6.10 Å². The van der Waals surface area contributed by atoms with Gasteiger partial charge in [0.15, 0.2) is 11.5 Å². The van der Waals surface area contributed by atoms with Crippen molar-refractivity contribution in [3.63, 3.8) is 0 Å². The average molecular weight is 396 g/mol. The van der Waals surface area contributed by atoms with Gasteiger partial charge in [-0.05, 0) is 72.0 Å². The van der Waals surface area contributed by atoms with Gasteiger partial charge in [0.1, 0.15) is 6.10 Å². The lowest BCUT2D eigenvalue weighted by molar-refractivity contribution is 0.156. The van der Waals surface area contributed by atoms with E-state index in [9.17, 15) is 4.79 Å². The molecule has 0 aliphatic heterocycles. The summed E-state index contributed by atoms with van der Waals surface area (Å²) < 4.78 is 17.1. The number of benzene rings is 1. The maximum absolute atomic E-state index is 11.3. The van der Waals surface area contributed by atoms with Gasteiger partial charge in [-0.25, -0.2) is 4.79 Å². The molecule has 1 atom stereocenters. The molecule has 24 heavy (non-hydrogen) atoms. The Hall–Kier alpha value is -1.95. The van der Waals surface area contributed by atoms with Gasteiger partial charge in [0, 0.05) is 6.20 Å². The van der Waals surface area contributed by atoms with Gasteiger partial charge >= 0.3 is 6.09 Å². The van der Waals surface area contributed by atoms with Crippen LogP contribution in [0.15, 0.2) is 35.0 Å². The molecule has 6 heteroatoms. The molecule has 130 valence electrons. The van der Waals surface area contributed by atoms with Gasteiger partial charge in [0.2, 0.25) is 0 Å². The van der Waals surface area contributed by atoms with Crippen LogP contribution in [0.3, 0.4) is 0 Å². The highest BCUT2D eigenvalue weighted by Gasteiger charge is 2.17. The van der Waals surface area contributed by atoms with Crippen LogP contribution in [0, 0.1) is 0 Å². The van der Waals surface area contributed by atoms with E-state index in [0.29, 0.717) is 18.1 Å². The van der Waals surface area contributed by atoms with E-state index >= 15 is 0 Å². The quantitative estimate of drug-likeness (QED) is 0.711. The van der Waals surface area contributed by atoms with Gasteiger partial charge < -0.3 is 14.2 Å². The van der Waals surface area contributed by atoms with Crippen LogP contribution < -0.4 is 14.8 Å². The number of hydrogen-bond acceptors (Lipinski definition) is 4. The summed E-state index contributed by atoms with van der Waals surface area (Å²) in [7, 11) is 1.61. The fraction of sp³-hybridized carbons (Fsp3) is 0.389. The van der Waals surface area contributed by atoms with E-state index in [1.54, 1.807) is 20.1 Å². The Morgan fingerprint density at radius 3 is 2.96 bits per heavy atom. The Morgan fingerprint density at radius 2 is 2.29 bits per heavy atom. The predicted molar refractivity (Wildman–Crippen MR) is 97.3 cm³/mol. The molecule has 1 aromatic rings. The third-order valence-electron chi connectivity index (χ3n) is 3.53. The summed E-state index contributed by atoms with van der Waals surface area (Å²) in [6.45, 7) is 2.09. The van der Waals surface area contributed by atoms with Crippen LogP contribution in [-0.2, 0) is 4.74 Å². The minimum absolute atomic E-state index is 0.0424. The van der Waals surface area contributed by atoms with E-state index in [0.717, 1.165) is 29.3 Å². The maximum atomic E-state index is 11.3. The Bertz CT molecular complexity index is 628. The highest BCUT2D eigenvalue weighted by Crippen LogP contribution is 2.39. The van der Waals surface area contributed by atoms with Crippen LogP contribution in [0.4, 0.5) is 4.79 Å². The van der Waals surface area contributed by atoms with Crippen LogP contribution in [-0.4, -0.2) is 25.9 Å². The lowest BCUT2D eigenvalue weighted by atomic mass is 10.1. The van der Waals surface area contributed by atoms with Gasteiger partial charge in [-0.3, -0.25) is 5.32 Å². The van der Waals surface area contributed by atoms with Gasteiger partial charge in [-0.15, -0.1) is 0 Å². The molecule has 1 aliphatic carbocycles. The molecule has 2 rings (SSSR count). The number of rotatable bonds is 6. The van der Waals surface area contributed by atoms with Crippen LogP contribution in [0.5, 0.6) is 11.5 Å². The molecule has 0 saturated heterocycles. The van der Waals surface area contributed by atoms with Crippen molar-refractivity contribution in [1.82, 2.24) is 5.32 Å². The van der Waals surface area contributed by atoms with Crippen LogP contribution >= 0.6 is 15.9 Å². The molecule has 1 aliphatic rings. The zero-order valence-electron chi connectivity index (χ0n) is 13.9. The van der Waals surface area contributed by atoms with Crippen molar-refractivity contribution in [2.75, 3.05) is 13.7 Å². The molecule has 1 unspecified atom stereocenters. The lowest BCUT2D eigenvalue weighted by Crippen LogP contribution is -2.18. The summed E-state index contributed by atoms with van der Waals surface area (Å²) >= 11 is 3.57. The zero-order valence-corrected chi connectivity index (χ0v) is 15.5. The molecule has 1 N–H and O–H groups in total. The molecule has 5 nitrogen and oxygen atoms in total. The van der Waals surface area contributed by atoms with Crippen LogP contribution in [0.2, 0.25) is 0 Å². The van der Waals surface area contributed by atoms with E-state index in [1.165, 1.54) is 6.20 Å². The zero-order chi connectivity index (χ0) is 17.4. The summed E-state index contributed by atoms with van der Waals surface area (Å²) in [5.41, 5.74) is 0.863. The molecule has 0 aromatic heterocycles. The van der Waals surface area contributed by atoms with E-state index in [4.69, 9.17) is 14.2 Å². The van der Waals surface area contributed by atoms with Crippen molar-refractivity contribution in [2.24, 2.45) is 0 Å². The fourth-order valence-electron chi connectivity index (χ4n) is 2.36. The minimum atomic E-state index is -0.484. The Labute approximate surface area is 150 Å². The van der Waals surface area contributed by atoms with E-state index in [1.807, 2.05) is 12.1 Å². The van der Waals surface area contributed by atoms with Crippen LogP contribution in [0.25, 0.3) is 6.08 Å². The van der Waals surface area contributed by atoms with Gasteiger partial charge in [-0.2, -0.15) is 0 Å². The van der Waals surface area contributed by atoms with E-state index in [2.05, 4.69) is 33.4 Å². The molecular formula is C18H22BrNO4. The summed E-state index contributed by atoms with van der Waals surface area (Å²) in [4.78, 5) is 11.3. The summed E-state index contributed by atoms with van der Waals surface area (Å²) in [6.07, 6.45) is 10.3. The third-order valence-corrected chi connectivity index (χ3v) is 4.35. The first-order valence-corrected chi connectivity index (χ1v) is 8.74. The molecule has 0 spiro atoms. The number of allylic oxidation sites excluding steroid dienone is 1. The highest BCUT2D eigenvalue weighted by atomic mass is 79.9. The number of carbonyl (C=O) groups excluding carboxylic acids is 1. The average Bonchev–Trinajstić information content (AvgIpc) is 2.59. The van der Waals surface area contributed by atoms with Crippen molar-refractivity contribution in [1.29, 1.82) is 0 Å². The van der Waals surface area contributed by atoms with Crippen molar-refractivity contribution in [3.05, 3.63) is 40.5 Å². The number of amides is 1. The molecule has 0 saturated carbocycles. The smallest absolute Gasteiger partial charge is 0.411 e. The molecule has 0 fully saturated rings.